The maximum absolute atomic E-state index is 12.9. The maximum Gasteiger partial charge on any atom is 0.342 e. The molecule has 1 atom stereocenters. The van der Waals surface area contributed by atoms with E-state index in [9.17, 15) is 14.4 Å². The smallest absolute Gasteiger partial charge is 0.342 e. The van der Waals surface area contributed by atoms with Gasteiger partial charge in [0.05, 0.1) is 18.5 Å². The number of Topliss-reactive ketones (excluding diaryl/α,β-unsaturated/α-hetero) is 1. The number of carbonyl (C=O) groups is 3. The van der Waals surface area contributed by atoms with Gasteiger partial charge >= 0.3 is 5.97 Å². The molecule has 0 bridgehead atoms. The first kappa shape index (κ1) is 23.1. The minimum absolute atomic E-state index is 0.0349. The van der Waals surface area contributed by atoms with Crippen molar-refractivity contribution < 1.29 is 23.9 Å². The van der Waals surface area contributed by atoms with Crippen molar-refractivity contribution in [1.29, 1.82) is 0 Å². The molecule has 3 aromatic rings. The quantitative estimate of drug-likeness (QED) is 0.388. The standard InChI is InChI=1S/C24H25N5O5/c1-5-33-22-9-8-21(26-27-22)29-14(2)19(13-25-29)24(32)34-15(3)23(31)18-6-7-20-17(12-18)10-11-28(20)16(4)30/h6-9,12-13,15H,5,10-11H2,1-4H3. The Labute approximate surface area is 196 Å². The summed E-state index contributed by atoms with van der Waals surface area (Å²) in [6.07, 6.45) is 1.05. The van der Waals surface area contributed by atoms with Gasteiger partial charge in [-0.2, -0.15) is 5.10 Å². The summed E-state index contributed by atoms with van der Waals surface area (Å²) < 4.78 is 12.2. The molecule has 176 valence electrons. The summed E-state index contributed by atoms with van der Waals surface area (Å²) in [4.78, 5) is 39.1. The lowest BCUT2D eigenvalue weighted by Gasteiger charge is -2.16. The van der Waals surface area contributed by atoms with E-state index >= 15 is 0 Å². The molecule has 10 nitrogen and oxygen atoms in total. The van der Waals surface area contributed by atoms with Crippen molar-refractivity contribution in [3.05, 3.63) is 58.9 Å². The van der Waals surface area contributed by atoms with Gasteiger partial charge in [0.15, 0.2) is 11.9 Å². The molecule has 1 aromatic carbocycles. The molecule has 0 saturated carbocycles. The second-order valence-corrected chi connectivity index (χ2v) is 7.89. The fourth-order valence-corrected chi connectivity index (χ4v) is 3.89. The Morgan fingerprint density at radius 2 is 1.94 bits per heavy atom. The first-order chi connectivity index (χ1) is 16.3. The van der Waals surface area contributed by atoms with Crippen LogP contribution < -0.4 is 9.64 Å². The molecule has 0 N–H and O–H groups in total. The number of ether oxygens (including phenoxy) is 2. The van der Waals surface area contributed by atoms with E-state index in [0.717, 1.165) is 11.3 Å². The number of fused-ring (bicyclic) bond motifs is 1. The molecule has 1 unspecified atom stereocenters. The fraction of sp³-hybridized carbons (Fsp3) is 0.333. The van der Waals surface area contributed by atoms with Gasteiger partial charge in [-0.3, -0.25) is 9.59 Å². The second kappa shape index (κ2) is 9.42. The Morgan fingerprint density at radius 3 is 2.62 bits per heavy atom. The number of esters is 1. The monoisotopic (exact) mass is 463 g/mol. The summed E-state index contributed by atoms with van der Waals surface area (Å²) in [5.41, 5.74) is 2.90. The number of aromatic nitrogens is 4. The summed E-state index contributed by atoms with van der Waals surface area (Å²) in [6, 6.07) is 8.52. The zero-order valence-corrected chi connectivity index (χ0v) is 19.4. The number of ketones is 1. The molecule has 4 rings (SSSR count). The summed E-state index contributed by atoms with van der Waals surface area (Å²) in [6.45, 7) is 7.67. The summed E-state index contributed by atoms with van der Waals surface area (Å²) >= 11 is 0. The van der Waals surface area contributed by atoms with E-state index in [-0.39, 0.29) is 17.3 Å². The maximum atomic E-state index is 12.9. The van der Waals surface area contributed by atoms with E-state index in [1.807, 2.05) is 6.92 Å². The van der Waals surface area contributed by atoms with Crippen LogP contribution in [-0.4, -0.2) is 56.9 Å². The SMILES string of the molecule is CCOc1ccc(-n2ncc(C(=O)OC(C)C(=O)c3ccc4c(c3)CCN4C(C)=O)c2C)nn1. The zero-order chi connectivity index (χ0) is 24.4. The van der Waals surface area contributed by atoms with Crippen LogP contribution >= 0.6 is 0 Å². The van der Waals surface area contributed by atoms with Crippen LogP contribution in [-0.2, 0) is 16.0 Å². The summed E-state index contributed by atoms with van der Waals surface area (Å²) in [5.74, 6) is -0.204. The Bertz CT molecular complexity index is 1250. The highest BCUT2D eigenvalue weighted by molar-refractivity contribution is 6.03. The van der Waals surface area contributed by atoms with Crippen molar-refractivity contribution in [3.8, 4) is 11.7 Å². The molecule has 0 spiro atoms. The van der Waals surface area contributed by atoms with Gasteiger partial charge in [-0.25, -0.2) is 9.48 Å². The average molecular weight is 463 g/mol. The highest BCUT2D eigenvalue weighted by Gasteiger charge is 2.27. The molecular formula is C24H25N5O5. The highest BCUT2D eigenvalue weighted by atomic mass is 16.5. The van der Waals surface area contributed by atoms with Crippen LogP contribution in [0.4, 0.5) is 5.69 Å². The van der Waals surface area contributed by atoms with Crippen LogP contribution in [0.25, 0.3) is 5.82 Å². The Kier molecular flexibility index (Phi) is 6.40. The Hall–Kier alpha value is -4.08. The third-order valence-electron chi connectivity index (χ3n) is 5.66. The number of nitrogens with zero attached hydrogens (tertiary/aromatic N) is 5. The number of carbonyl (C=O) groups excluding carboxylic acids is 3. The number of hydrogen-bond donors (Lipinski definition) is 0. The summed E-state index contributed by atoms with van der Waals surface area (Å²) in [5, 5.41) is 12.2. The van der Waals surface area contributed by atoms with Crippen LogP contribution in [0.2, 0.25) is 0 Å². The molecule has 10 heteroatoms. The average Bonchev–Trinajstić information content (AvgIpc) is 3.42. The normalized spacial score (nSPS) is 13.4. The first-order valence-electron chi connectivity index (χ1n) is 11.0. The molecule has 0 fully saturated rings. The van der Waals surface area contributed by atoms with Gasteiger partial charge in [0.25, 0.3) is 0 Å². The lowest BCUT2D eigenvalue weighted by Crippen LogP contribution is -2.26. The third-order valence-corrected chi connectivity index (χ3v) is 5.66. The van der Waals surface area contributed by atoms with Crippen LogP contribution in [0.1, 0.15) is 52.7 Å². The van der Waals surface area contributed by atoms with Crippen LogP contribution in [0.15, 0.2) is 36.5 Å². The highest BCUT2D eigenvalue weighted by Crippen LogP contribution is 2.29. The number of hydrogen-bond acceptors (Lipinski definition) is 8. The molecule has 3 heterocycles. The molecule has 34 heavy (non-hydrogen) atoms. The van der Waals surface area contributed by atoms with E-state index in [2.05, 4.69) is 15.3 Å². The van der Waals surface area contributed by atoms with Gasteiger partial charge < -0.3 is 14.4 Å². The van der Waals surface area contributed by atoms with Gasteiger partial charge in [-0.1, -0.05) is 0 Å². The number of benzene rings is 1. The molecule has 1 amide bonds. The van der Waals surface area contributed by atoms with E-state index in [0.29, 0.717) is 42.5 Å². The third kappa shape index (κ3) is 4.39. The number of anilines is 1. The molecule has 1 aliphatic rings. The zero-order valence-electron chi connectivity index (χ0n) is 19.4. The van der Waals surface area contributed by atoms with Gasteiger partial charge in [0.2, 0.25) is 17.6 Å². The topological polar surface area (TPSA) is 117 Å². The predicted molar refractivity (Wildman–Crippen MR) is 122 cm³/mol. The van der Waals surface area contributed by atoms with Crippen LogP contribution in [0.3, 0.4) is 0 Å². The second-order valence-electron chi connectivity index (χ2n) is 7.89. The minimum Gasteiger partial charge on any atom is -0.477 e. The van der Waals surface area contributed by atoms with Crippen molar-refractivity contribution in [2.24, 2.45) is 0 Å². The van der Waals surface area contributed by atoms with Gasteiger partial charge in [0.1, 0.15) is 5.56 Å². The van der Waals surface area contributed by atoms with E-state index in [1.54, 1.807) is 42.2 Å². The van der Waals surface area contributed by atoms with Crippen molar-refractivity contribution in [1.82, 2.24) is 20.0 Å². The van der Waals surface area contributed by atoms with E-state index in [4.69, 9.17) is 9.47 Å². The summed E-state index contributed by atoms with van der Waals surface area (Å²) in [7, 11) is 0. The van der Waals surface area contributed by atoms with Crippen LogP contribution in [0, 0.1) is 6.92 Å². The first-order valence-corrected chi connectivity index (χ1v) is 11.0. The lowest BCUT2D eigenvalue weighted by atomic mass is 10.0. The van der Waals surface area contributed by atoms with Gasteiger partial charge in [-0.05, 0) is 57.0 Å². The molecular weight excluding hydrogens is 438 g/mol. The molecule has 0 saturated heterocycles. The Balaban J connectivity index is 1.46. The van der Waals surface area contributed by atoms with Crippen LogP contribution in [0.5, 0.6) is 5.88 Å². The largest absolute Gasteiger partial charge is 0.477 e. The molecule has 2 aromatic heterocycles. The predicted octanol–water partition coefficient (Wildman–Crippen LogP) is 2.71. The van der Waals surface area contributed by atoms with Crippen molar-refractivity contribution in [3.63, 3.8) is 0 Å². The molecule has 0 radical (unpaired) electrons. The fourth-order valence-electron chi connectivity index (χ4n) is 3.89. The van der Waals surface area contributed by atoms with E-state index in [1.165, 1.54) is 24.7 Å². The Morgan fingerprint density at radius 1 is 1.15 bits per heavy atom. The number of amides is 1. The molecule has 0 aliphatic carbocycles. The van der Waals surface area contributed by atoms with Gasteiger partial charge in [-0.15, -0.1) is 10.2 Å². The number of rotatable bonds is 7. The molecule has 1 aliphatic heterocycles. The van der Waals surface area contributed by atoms with Crippen molar-refractivity contribution >= 4 is 23.3 Å². The van der Waals surface area contributed by atoms with Crippen molar-refractivity contribution in [2.75, 3.05) is 18.1 Å². The lowest BCUT2D eigenvalue weighted by molar-refractivity contribution is -0.116. The van der Waals surface area contributed by atoms with E-state index < -0.39 is 12.1 Å². The van der Waals surface area contributed by atoms with Crippen molar-refractivity contribution in [2.45, 2.75) is 40.2 Å². The minimum atomic E-state index is -0.996. The van der Waals surface area contributed by atoms with Gasteiger partial charge in [0, 0.05) is 30.8 Å².